The molecule has 1 aromatic rings. The van der Waals surface area contributed by atoms with Gasteiger partial charge in [-0.2, -0.15) is 0 Å². The number of nitrogens with zero attached hydrogens (tertiary/aromatic N) is 1. The summed E-state index contributed by atoms with van der Waals surface area (Å²) in [5.74, 6) is 0. The molecule has 3 N–H and O–H groups in total. The second-order valence-electron chi connectivity index (χ2n) is 4.04. The molecule has 3 heteroatoms. The van der Waals surface area contributed by atoms with Crippen molar-refractivity contribution in [3.63, 3.8) is 0 Å². The van der Waals surface area contributed by atoms with Crippen LogP contribution in [0.2, 0.25) is 0 Å². The SMILES string of the molecule is NCC(O)CCN1CCc2ccccc21. The average Bonchev–Trinajstić information content (AvgIpc) is 2.69. The van der Waals surface area contributed by atoms with Crippen LogP contribution in [-0.2, 0) is 6.42 Å². The molecule has 1 atom stereocenters. The molecule has 1 heterocycles. The number of para-hydroxylation sites is 1. The van der Waals surface area contributed by atoms with Crippen LogP contribution >= 0.6 is 0 Å². The molecule has 1 aromatic carbocycles. The third kappa shape index (κ3) is 2.30. The number of fused-ring (bicyclic) bond motifs is 1. The van der Waals surface area contributed by atoms with E-state index in [9.17, 15) is 5.11 Å². The van der Waals surface area contributed by atoms with E-state index in [1.807, 2.05) is 0 Å². The minimum absolute atomic E-state index is 0.357. The zero-order valence-electron chi connectivity index (χ0n) is 8.89. The van der Waals surface area contributed by atoms with Crippen molar-refractivity contribution in [2.75, 3.05) is 24.5 Å². The molecule has 0 fully saturated rings. The molecule has 1 unspecified atom stereocenters. The molecule has 15 heavy (non-hydrogen) atoms. The van der Waals surface area contributed by atoms with Gasteiger partial charge in [0, 0.05) is 25.3 Å². The van der Waals surface area contributed by atoms with E-state index in [2.05, 4.69) is 29.2 Å². The largest absolute Gasteiger partial charge is 0.392 e. The van der Waals surface area contributed by atoms with Crippen LogP contribution in [0.25, 0.3) is 0 Å². The molecular formula is C12H18N2O. The van der Waals surface area contributed by atoms with Crippen molar-refractivity contribution in [1.29, 1.82) is 0 Å². The fourth-order valence-electron chi connectivity index (χ4n) is 2.06. The van der Waals surface area contributed by atoms with Gasteiger partial charge in [0.15, 0.2) is 0 Å². The van der Waals surface area contributed by atoms with Crippen LogP contribution in [0.3, 0.4) is 0 Å². The summed E-state index contributed by atoms with van der Waals surface area (Å²) in [7, 11) is 0. The molecule has 0 radical (unpaired) electrons. The molecule has 0 saturated carbocycles. The van der Waals surface area contributed by atoms with Gasteiger partial charge in [0.1, 0.15) is 0 Å². The van der Waals surface area contributed by atoms with Gasteiger partial charge in [-0.15, -0.1) is 0 Å². The molecule has 0 bridgehead atoms. The Morgan fingerprint density at radius 1 is 1.40 bits per heavy atom. The minimum Gasteiger partial charge on any atom is -0.392 e. The van der Waals surface area contributed by atoms with E-state index in [1.165, 1.54) is 11.3 Å². The summed E-state index contributed by atoms with van der Waals surface area (Å²) >= 11 is 0. The lowest BCUT2D eigenvalue weighted by atomic mass is 10.2. The zero-order valence-corrected chi connectivity index (χ0v) is 8.89. The second kappa shape index (κ2) is 4.64. The summed E-state index contributed by atoms with van der Waals surface area (Å²) in [5.41, 5.74) is 8.12. The van der Waals surface area contributed by atoms with Crippen molar-refractivity contribution in [1.82, 2.24) is 0 Å². The maximum Gasteiger partial charge on any atom is 0.0679 e. The first-order chi connectivity index (χ1) is 7.31. The number of aliphatic hydroxyl groups excluding tert-OH is 1. The highest BCUT2D eigenvalue weighted by Gasteiger charge is 2.18. The van der Waals surface area contributed by atoms with Gasteiger partial charge in [-0.3, -0.25) is 0 Å². The summed E-state index contributed by atoms with van der Waals surface area (Å²) in [4.78, 5) is 2.33. The van der Waals surface area contributed by atoms with Crippen molar-refractivity contribution in [2.24, 2.45) is 5.73 Å². The molecule has 0 aliphatic carbocycles. The molecule has 0 amide bonds. The van der Waals surface area contributed by atoms with Crippen LogP contribution in [0.4, 0.5) is 5.69 Å². The summed E-state index contributed by atoms with van der Waals surface area (Å²) in [6.07, 6.45) is 1.51. The first-order valence-electron chi connectivity index (χ1n) is 5.52. The quantitative estimate of drug-likeness (QED) is 0.764. The topological polar surface area (TPSA) is 49.5 Å². The van der Waals surface area contributed by atoms with Crippen LogP contribution in [0.1, 0.15) is 12.0 Å². The Kier molecular flexibility index (Phi) is 3.23. The Labute approximate surface area is 90.5 Å². The number of anilines is 1. The Morgan fingerprint density at radius 2 is 2.20 bits per heavy atom. The zero-order chi connectivity index (χ0) is 10.7. The molecule has 3 nitrogen and oxygen atoms in total. The number of hydrogen-bond acceptors (Lipinski definition) is 3. The number of nitrogens with two attached hydrogens (primary N) is 1. The number of benzene rings is 1. The summed E-state index contributed by atoms with van der Waals surface area (Å²) < 4.78 is 0. The van der Waals surface area contributed by atoms with E-state index < -0.39 is 0 Å². The molecule has 1 aliphatic heterocycles. The van der Waals surface area contributed by atoms with Gasteiger partial charge >= 0.3 is 0 Å². The highest BCUT2D eigenvalue weighted by molar-refractivity contribution is 5.57. The highest BCUT2D eigenvalue weighted by Crippen LogP contribution is 2.27. The smallest absolute Gasteiger partial charge is 0.0679 e. The Morgan fingerprint density at radius 3 is 3.00 bits per heavy atom. The van der Waals surface area contributed by atoms with E-state index in [0.717, 1.165) is 25.9 Å². The monoisotopic (exact) mass is 206 g/mol. The molecule has 0 spiro atoms. The average molecular weight is 206 g/mol. The fourth-order valence-corrected chi connectivity index (χ4v) is 2.06. The van der Waals surface area contributed by atoms with Gasteiger partial charge in [-0.05, 0) is 24.5 Å². The van der Waals surface area contributed by atoms with Crippen LogP contribution in [0, 0.1) is 0 Å². The standard InChI is InChI=1S/C12H18N2O/c13-9-11(15)6-8-14-7-5-10-3-1-2-4-12(10)14/h1-4,11,15H,5-9,13H2. The van der Waals surface area contributed by atoms with E-state index in [0.29, 0.717) is 6.54 Å². The highest BCUT2D eigenvalue weighted by atomic mass is 16.3. The number of aliphatic hydroxyl groups is 1. The summed E-state index contributed by atoms with van der Waals surface area (Å²) in [5, 5.41) is 9.41. The van der Waals surface area contributed by atoms with Gasteiger partial charge in [0.25, 0.3) is 0 Å². The first kappa shape index (κ1) is 10.5. The first-order valence-corrected chi connectivity index (χ1v) is 5.52. The molecular weight excluding hydrogens is 188 g/mol. The third-order valence-corrected chi connectivity index (χ3v) is 2.99. The van der Waals surface area contributed by atoms with Gasteiger partial charge in [-0.1, -0.05) is 18.2 Å². The van der Waals surface area contributed by atoms with Crippen molar-refractivity contribution in [3.8, 4) is 0 Å². The molecule has 0 aromatic heterocycles. The summed E-state index contributed by atoms with van der Waals surface area (Å²) in [6.45, 7) is 2.32. The van der Waals surface area contributed by atoms with Crippen molar-refractivity contribution >= 4 is 5.69 Å². The van der Waals surface area contributed by atoms with Crippen molar-refractivity contribution < 1.29 is 5.11 Å². The fraction of sp³-hybridized carbons (Fsp3) is 0.500. The minimum atomic E-state index is -0.363. The van der Waals surface area contributed by atoms with E-state index >= 15 is 0 Å². The maximum atomic E-state index is 9.41. The third-order valence-electron chi connectivity index (χ3n) is 2.99. The van der Waals surface area contributed by atoms with Crippen LogP contribution < -0.4 is 10.6 Å². The predicted octanol–water partition coefficient (Wildman–Crippen LogP) is 0.759. The second-order valence-corrected chi connectivity index (χ2v) is 4.04. The predicted molar refractivity (Wildman–Crippen MR) is 62.0 cm³/mol. The van der Waals surface area contributed by atoms with Crippen LogP contribution in [0.5, 0.6) is 0 Å². The van der Waals surface area contributed by atoms with E-state index in [-0.39, 0.29) is 6.10 Å². The van der Waals surface area contributed by atoms with Crippen LogP contribution in [-0.4, -0.2) is 30.8 Å². The molecule has 0 saturated heterocycles. The molecule has 82 valence electrons. The normalized spacial score (nSPS) is 16.5. The van der Waals surface area contributed by atoms with Crippen molar-refractivity contribution in [3.05, 3.63) is 29.8 Å². The lowest BCUT2D eigenvalue weighted by molar-refractivity contribution is 0.175. The van der Waals surface area contributed by atoms with Crippen LogP contribution in [0.15, 0.2) is 24.3 Å². The lowest BCUT2D eigenvalue weighted by Gasteiger charge is -2.20. The number of rotatable bonds is 4. The Hall–Kier alpha value is -1.06. The van der Waals surface area contributed by atoms with Gasteiger partial charge < -0.3 is 15.7 Å². The maximum absolute atomic E-state index is 9.41. The van der Waals surface area contributed by atoms with E-state index in [4.69, 9.17) is 5.73 Å². The lowest BCUT2D eigenvalue weighted by Crippen LogP contribution is -2.28. The summed E-state index contributed by atoms with van der Waals surface area (Å²) in [6, 6.07) is 8.47. The number of hydrogen-bond donors (Lipinski definition) is 2. The van der Waals surface area contributed by atoms with Crippen molar-refractivity contribution in [2.45, 2.75) is 18.9 Å². The van der Waals surface area contributed by atoms with Gasteiger partial charge in [-0.25, -0.2) is 0 Å². The van der Waals surface area contributed by atoms with Gasteiger partial charge in [0.05, 0.1) is 6.10 Å². The Balaban J connectivity index is 1.96. The van der Waals surface area contributed by atoms with E-state index in [1.54, 1.807) is 0 Å². The molecule has 1 aliphatic rings. The Bertz CT molecular complexity index is 327. The van der Waals surface area contributed by atoms with Gasteiger partial charge in [0.2, 0.25) is 0 Å². The molecule has 2 rings (SSSR count).